The third kappa shape index (κ3) is 12.3. The van der Waals surface area contributed by atoms with Gasteiger partial charge in [-0.15, -0.1) is 0 Å². The summed E-state index contributed by atoms with van der Waals surface area (Å²) in [4.78, 5) is 48.8. The molecule has 0 spiro atoms. The number of benzene rings is 1. The van der Waals surface area contributed by atoms with Crippen molar-refractivity contribution in [1.82, 2.24) is 0 Å². The van der Waals surface area contributed by atoms with Crippen molar-refractivity contribution in [3.63, 3.8) is 0 Å². The Hall–Kier alpha value is -3.34. The monoisotopic (exact) mass is 539 g/mol. The number of nitrogens with two attached hydrogens (primary N) is 1. The lowest BCUT2D eigenvalue weighted by Gasteiger charge is -2.26. The van der Waals surface area contributed by atoms with E-state index in [0.29, 0.717) is 12.0 Å². The van der Waals surface area contributed by atoms with Gasteiger partial charge in [0.25, 0.3) is 0 Å². The van der Waals surface area contributed by atoms with Crippen LogP contribution in [0.5, 0.6) is 11.5 Å². The molecule has 0 radical (unpaired) electrons. The van der Waals surface area contributed by atoms with E-state index in [4.69, 9.17) is 34.2 Å². The highest BCUT2D eigenvalue weighted by Crippen LogP contribution is 2.31. The number of carbonyl (C=O) groups is 4. The van der Waals surface area contributed by atoms with E-state index in [2.05, 4.69) is 0 Å². The number of hydrogen-bond donors (Lipinski definition) is 1. The summed E-state index contributed by atoms with van der Waals surface area (Å²) in [7, 11) is 1.20. The topological polar surface area (TPSA) is 150 Å². The van der Waals surface area contributed by atoms with Gasteiger partial charge in [-0.2, -0.15) is 0 Å². The number of methoxy groups -OCH3 is 1. The van der Waals surface area contributed by atoms with E-state index >= 15 is 0 Å². The highest BCUT2D eigenvalue weighted by molar-refractivity contribution is 5.81. The normalized spacial score (nSPS) is 12.4. The van der Waals surface area contributed by atoms with Crippen molar-refractivity contribution in [3.05, 3.63) is 23.8 Å². The molecule has 1 aromatic carbocycles. The van der Waals surface area contributed by atoms with Gasteiger partial charge in [-0.3, -0.25) is 9.59 Å². The first-order valence-electron chi connectivity index (χ1n) is 12.7. The second-order valence-corrected chi connectivity index (χ2v) is 9.79. The fourth-order valence-corrected chi connectivity index (χ4v) is 3.10. The average Bonchev–Trinajstić information content (AvgIpc) is 2.85. The van der Waals surface area contributed by atoms with E-state index in [0.717, 1.165) is 6.42 Å². The molecule has 2 N–H and O–H groups in total. The Morgan fingerprint density at radius 1 is 0.895 bits per heavy atom. The number of hydrogen-bond acceptors (Lipinski definition) is 11. The standard InChI is InChI=1S/C27H41NO10/c1-7-8-9-23(29)34-13-12-27(28,24(30)33-6)15-20-10-11-21(37-25(31)35-16-18(2)3)22(14-20)38-26(32)36-17-19(4)5/h10-11,14,18-19H,7-9,12-13,15-17,28H2,1-6H3/t27-/m1/s1. The Morgan fingerprint density at radius 2 is 1.47 bits per heavy atom. The molecule has 0 aromatic heterocycles. The molecule has 1 atom stereocenters. The average molecular weight is 540 g/mol. The molecule has 11 nitrogen and oxygen atoms in total. The first-order valence-corrected chi connectivity index (χ1v) is 12.7. The minimum atomic E-state index is -1.55. The molecule has 0 amide bonds. The molecule has 1 rings (SSSR count). The van der Waals surface area contributed by atoms with Gasteiger partial charge in [0.15, 0.2) is 11.5 Å². The minimum absolute atomic E-state index is 0.00998. The Labute approximate surface area is 224 Å². The fraction of sp³-hybridized carbons (Fsp3) is 0.630. The molecule has 214 valence electrons. The molecular formula is C27H41NO10. The summed E-state index contributed by atoms with van der Waals surface area (Å²) in [6.45, 7) is 9.60. The highest BCUT2D eigenvalue weighted by atomic mass is 16.7. The summed E-state index contributed by atoms with van der Waals surface area (Å²) >= 11 is 0. The third-order valence-electron chi connectivity index (χ3n) is 5.12. The molecule has 1 aromatic rings. The quantitative estimate of drug-likeness (QED) is 0.190. The predicted molar refractivity (Wildman–Crippen MR) is 138 cm³/mol. The van der Waals surface area contributed by atoms with Crippen LogP contribution in [0.15, 0.2) is 18.2 Å². The van der Waals surface area contributed by atoms with E-state index < -0.39 is 23.8 Å². The number of rotatable bonds is 15. The van der Waals surface area contributed by atoms with Crippen LogP contribution < -0.4 is 15.2 Å². The van der Waals surface area contributed by atoms with Crippen LogP contribution in [0, 0.1) is 11.8 Å². The molecule has 0 fully saturated rings. The molecule has 0 unspecified atom stereocenters. The largest absolute Gasteiger partial charge is 0.513 e. The maximum absolute atomic E-state index is 12.6. The van der Waals surface area contributed by atoms with Gasteiger partial charge in [0, 0.05) is 19.3 Å². The van der Waals surface area contributed by atoms with Gasteiger partial charge >= 0.3 is 24.2 Å². The molecule has 11 heteroatoms. The van der Waals surface area contributed by atoms with Crippen molar-refractivity contribution in [2.75, 3.05) is 26.9 Å². The Morgan fingerprint density at radius 3 is 2.00 bits per heavy atom. The zero-order valence-corrected chi connectivity index (χ0v) is 23.2. The summed E-state index contributed by atoms with van der Waals surface area (Å²) in [5.74, 6) is -1.14. The van der Waals surface area contributed by atoms with E-state index in [1.807, 2.05) is 34.6 Å². The van der Waals surface area contributed by atoms with Crippen LogP contribution in [0.4, 0.5) is 9.59 Å². The van der Waals surface area contributed by atoms with Crippen molar-refractivity contribution in [2.45, 2.75) is 72.3 Å². The molecule has 38 heavy (non-hydrogen) atoms. The van der Waals surface area contributed by atoms with Crippen LogP contribution in [0.1, 0.15) is 65.9 Å². The summed E-state index contributed by atoms with van der Waals surface area (Å²) < 4.78 is 30.7. The number of carbonyl (C=O) groups excluding carboxylic acids is 4. The predicted octanol–water partition coefficient (Wildman–Crippen LogP) is 4.57. The molecular weight excluding hydrogens is 498 g/mol. The smallest absolute Gasteiger partial charge is 0.468 e. The summed E-state index contributed by atoms with van der Waals surface area (Å²) in [6, 6.07) is 4.34. The second kappa shape index (κ2) is 16.5. The zero-order valence-electron chi connectivity index (χ0n) is 23.2. The molecule has 0 aliphatic heterocycles. The lowest BCUT2D eigenvalue weighted by molar-refractivity contribution is -0.151. The second-order valence-electron chi connectivity index (χ2n) is 9.79. The first-order chi connectivity index (χ1) is 17.9. The van der Waals surface area contributed by atoms with Crippen molar-refractivity contribution >= 4 is 24.2 Å². The van der Waals surface area contributed by atoms with E-state index in [1.54, 1.807) is 6.07 Å². The van der Waals surface area contributed by atoms with Crippen LogP contribution in [0.25, 0.3) is 0 Å². The highest BCUT2D eigenvalue weighted by Gasteiger charge is 2.36. The Balaban J connectivity index is 3.12. The number of unbranched alkanes of at least 4 members (excludes halogenated alkanes) is 1. The van der Waals surface area contributed by atoms with Gasteiger partial charge < -0.3 is 34.2 Å². The first kappa shape index (κ1) is 32.7. The van der Waals surface area contributed by atoms with E-state index in [9.17, 15) is 19.2 Å². The third-order valence-corrected chi connectivity index (χ3v) is 5.12. The molecule has 0 bridgehead atoms. The molecule has 0 heterocycles. The number of ether oxygens (including phenoxy) is 6. The fourth-order valence-electron chi connectivity index (χ4n) is 3.10. The summed E-state index contributed by atoms with van der Waals surface area (Å²) in [5, 5.41) is 0. The van der Waals surface area contributed by atoms with Gasteiger partial charge in [-0.05, 0) is 36.0 Å². The van der Waals surface area contributed by atoms with E-state index in [-0.39, 0.29) is 68.4 Å². The molecule has 0 saturated carbocycles. The summed E-state index contributed by atoms with van der Waals surface area (Å²) in [6.07, 6.45) is -0.206. The van der Waals surface area contributed by atoms with Gasteiger partial charge in [-0.1, -0.05) is 47.1 Å². The lowest BCUT2D eigenvalue weighted by atomic mass is 9.88. The van der Waals surface area contributed by atoms with Crippen molar-refractivity contribution in [3.8, 4) is 11.5 Å². The van der Waals surface area contributed by atoms with Crippen molar-refractivity contribution in [1.29, 1.82) is 0 Å². The van der Waals surface area contributed by atoms with Crippen molar-refractivity contribution in [2.24, 2.45) is 17.6 Å². The van der Waals surface area contributed by atoms with Crippen LogP contribution >= 0.6 is 0 Å². The van der Waals surface area contributed by atoms with Crippen LogP contribution in [-0.2, 0) is 35.0 Å². The van der Waals surface area contributed by atoms with Gasteiger partial charge in [0.05, 0.1) is 26.9 Å². The maximum Gasteiger partial charge on any atom is 0.513 e. The van der Waals surface area contributed by atoms with E-state index in [1.165, 1.54) is 19.2 Å². The SMILES string of the molecule is CCCCC(=O)OCC[C@@](N)(Cc1ccc(OC(=O)OCC(C)C)c(OC(=O)OCC(C)C)c1)C(=O)OC. The molecule has 0 aliphatic carbocycles. The Kier molecular flexibility index (Phi) is 14.2. The van der Waals surface area contributed by atoms with Crippen LogP contribution in [-0.4, -0.2) is 56.7 Å². The van der Waals surface area contributed by atoms with Gasteiger partial charge in [0.1, 0.15) is 5.54 Å². The number of esters is 2. The maximum atomic E-state index is 12.6. The Bertz CT molecular complexity index is 930. The lowest BCUT2D eigenvalue weighted by Crippen LogP contribution is -2.51. The van der Waals surface area contributed by atoms with Crippen LogP contribution in [0.2, 0.25) is 0 Å². The molecule has 0 saturated heterocycles. The molecule has 0 aliphatic rings. The summed E-state index contributed by atoms with van der Waals surface area (Å²) in [5.41, 5.74) is 5.30. The van der Waals surface area contributed by atoms with Gasteiger partial charge in [0.2, 0.25) is 0 Å². The minimum Gasteiger partial charge on any atom is -0.468 e. The van der Waals surface area contributed by atoms with Crippen molar-refractivity contribution < 1.29 is 47.6 Å². The zero-order chi connectivity index (χ0) is 28.7. The van der Waals surface area contributed by atoms with Crippen LogP contribution in [0.3, 0.4) is 0 Å². The van der Waals surface area contributed by atoms with Gasteiger partial charge in [-0.25, -0.2) is 9.59 Å².